The smallest absolute Gasteiger partial charge is 0.264 e. The van der Waals surface area contributed by atoms with Crippen LogP contribution in [0.4, 0.5) is 5.69 Å². The fraction of sp³-hybridized carbons (Fsp3) is 0.250. The molecule has 3 heterocycles. The van der Waals surface area contributed by atoms with Crippen LogP contribution in [0.25, 0.3) is 15.9 Å². The lowest BCUT2D eigenvalue weighted by Gasteiger charge is -2.36. The number of carbonyl (C=O) groups is 1. The van der Waals surface area contributed by atoms with Gasteiger partial charge in [0, 0.05) is 37.3 Å². The van der Waals surface area contributed by atoms with E-state index in [4.69, 9.17) is 11.6 Å². The highest BCUT2D eigenvalue weighted by molar-refractivity contribution is 7.20. The monoisotopic (exact) mass is 450 g/mol. The van der Waals surface area contributed by atoms with E-state index in [1.165, 1.54) is 22.6 Å². The van der Waals surface area contributed by atoms with Crippen molar-refractivity contribution in [2.24, 2.45) is 0 Å². The van der Waals surface area contributed by atoms with Crippen molar-refractivity contribution in [3.63, 3.8) is 0 Å². The van der Waals surface area contributed by atoms with E-state index < -0.39 is 0 Å². The molecule has 0 atom stereocenters. The number of hydrogen-bond donors (Lipinski definition) is 0. The topological polar surface area (TPSA) is 41.4 Å². The minimum Gasteiger partial charge on any atom is -0.368 e. The lowest BCUT2D eigenvalue weighted by Crippen LogP contribution is -2.48. The van der Waals surface area contributed by atoms with Gasteiger partial charge in [0.05, 0.1) is 21.3 Å². The number of piperazine rings is 1. The van der Waals surface area contributed by atoms with Crippen molar-refractivity contribution in [3.8, 4) is 5.69 Å². The molecule has 1 fully saturated rings. The molecule has 1 amide bonds. The van der Waals surface area contributed by atoms with E-state index in [0.29, 0.717) is 5.02 Å². The third-order valence-electron chi connectivity index (χ3n) is 5.77. The van der Waals surface area contributed by atoms with E-state index in [2.05, 4.69) is 41.2 Å². The van der Waals surface area contributed by atoms with E-state index in [0.717, 1.165) is 52.7 Å². The number of carbonyl (C=O) groups excluding carboxylic acids is 1. The van der Waals surface area contributed by atoms with Gasteiger partial charge in [0.15, 0.2) is 0 Å². The molecule has 2 aromatic heterocycles. The van der Waals surface area contributed by atoms with Gasteiger partial charge in [0.2, 0.25) is 0 Å². The van der Waals surface area contributed by atoms with Gasteiger partial charge in [-0.2, -0.15) is 5.10 Å². The maximum atomic E-state index is 13.3. The number of amides is 1. The van der Waals surface area contributed by atoms with Crippen molar-refractivity contribution in [3.05, 3.63) is 75.8 Å². The molecule has 1 aliphatic heterocycles. The summed E-state index contributed by atoms with van der Waals surface area (Å²) in [6.07, 6.45) is 0. The Hall–Kier alpha value is -2.83. The van der Waals surface area contributed by atoms with Crippen LogP contribution in [-0.4, -0.2) is 46.8 Å². The molecule has 1 aliphatic rings. The molecule has 1 saturated heterocycles. The summed E-state index contributed by atoms with van der Waals surface area (Å²) < 4.78 is 1.85. The number of hydrogen-bond acceptors (Lipinski definition) is 4. The van der Waals surface area contributed by atoms with Gasteiger partial charge < -0.3 is 9.80 Å². The van der Waals surface area contributed by atoms with Crippen molar-refractivity contribution in [2.45, 2.75) is 13.8 Å². The molecule has 0 N–H and O–H groups in total. The largest absolute Gasteiger partial charge is 0.368 e. The van der Waals surface area contributed by atoms with E-state index in [1.54, 1.807) is 0 Å². The summed E-state index contributed by atoms with van der Waals surface area (Å²) in [5.41, 5.74) is 4.21. The second kappa shape index (κ2) is 8.02. The van der Waals surface area contributed by atoms with Gasteiger partial charge in [-0.15, -0.1) is 11.3 Å². The first kappa shape index (κ1) is 20.1. The molecular formula is C24H23ClN4OS. The average molecular weight is 451 g/mol. The number of halogens is 1. The normalized spacial score (nSPS) is 14.4. The lowest BCUT2D eigenvalue weighted by atomic mass is 10.2. The summed E-state index contributed by atoms with van der Waals surface area (Å²) >= 11 is 7.88. The second-order valence-corrected chi connectivity index (χ2v) is 9.33. The maximum absolute atomic E-state index is 13.3. The highest BCUT2D eigenvalue weighted by atomic mass is 35.5. The van der Waals surface area contributed by atoms with Crippen LogP contribution in [-0.2, 0) is 0 Å². The number of anilines is 1. The number of rotatable bonds is 3. The Morgan fingerprint density at radius 3 is 2.52 bits per heavy atom. The second-order valence-electron chi connectivity index (χ2n) is 7.90. The first-order valence-corrected chi connectivity index (χ1v) is 11.6. The summed E-state index contributed by atoms with van der Waals surface area (Å²) in [4.78, 5) is 19.3. The maximum Gasteiger partial charge on any atom is 0.264 e. The predicted octanol–water partition coefficient (Wildman–Crippen LogP) is 5.32. The summed E-state index contributed by atoms with van der Waals surface area (Å²) in [6, 6.07) is 18.2. The standard InChI is InChI=1S/C24H23ClN4OS/c1-16-6-5-7-18(14-16)27-10-12-28(13-11-27)23(30)22-15-19-17(2)26-29(24(19)31-22)21-9-4-3-8-20(21)25/h3-9,14-15H,10-13H2,1-2H3. The van der Waals surface area contributed by atoms with E-state index in [1.807, 2.05) is 46.8 Å². The number of fused-ring (bicyclic) bond motifs is 1. The molecule has 0 bridgehead atoms. The van der Waals surface area contributed by atoms with Crippen molar-refractivity contribution < 1.29 is 4.79 Å². The average Bonchev–Trinajstić information content (AvgIpc) is 3.34. The molecule has 4 aromatic rings. The highest BCUT2D eigenvalue weighted by Gasteiger charge is 2.25. The van der Waals surface area contributed by atoms with E-state index >= 15 is 0 Å². The number of nitrogens with zero attached hydrogens (tertiary/aromatic N) is 4. The molecule has 31 heavy (non-hydrogen) atoms. The highest BCUT2D eigenvalue weighted by Crippen LogP contribution is 2.33. The summed E-state index contributed by atoms with van der Waals surface area (Å²) in [5.74, 6) is 0.0928. The lowest BCUT2D eigenvalue weighted by molar-refractivity contribution is 0.0751. The summed E-state index contributed by atoms with van der Waals surface area (Å²) in [5, 5.41) is 6.30. The van der Waals surface area contributed by atoms with Crippen molar-refractivity contribution in [1.29, 1.82) is 0 Å². The third kappa shape index (κ3) is 3.70. The third-order valence-corrected chi connectivity index (χ3v) is 7.19. The summed E-state index contributed by atoms with van der Waals surface area (Å²) in [6.45, 7) is 7.19. The van der Waals surface area contributed by atoms with Crippen molar-refractivity contribution >= 4 is 44.7 Å². The van der Waals surface area contributed by atoms with Crippen LogP contribution in [0.2, 0.25) is 5.02 Å². The van der Waals surface area contributed by atoms with Crippen LogP contribution in [0, 0.1) is 13.8 Å². The molecule has 0 saturated carbocycles. The minimum absolute atomic E-state index is 0.0928. The first-order chi connectivity index (χ1) is 15.0. The van der Waals surface area contributed by atoms with Crippen LogP contribution < -0.4 is 4.90 Å². The van der Waals surface area contributed by atoms with Gasteiger partial charge in [0.1, 0.15) is 4.83 Å². The van der Waals surface area contributed by atoms with Crippen LogP contribution in [0.3, 0.4) is 0 Å². The number of para-hydroxylation sites is 1. The Bertz CT molecular complexity index is 1270. The van der Waals surface area contributed by atoms with Crippen LogP contribution >= 0.6 is 22.9 Å². The Balaban J connectivity index is 1.37. The Morgan fingerprint density at radius 2 is 1.77 bits per heavy atom. The molecule has 0 spiro atoms. The van der Waals surface area contributed by atoms with Crippen molar-refractivity contribution in [1.82, 2.24) is 14.7 Å². The zero-order valence-electron chi connectivity index (χ0n) is 17.5. The van der Waals surface area contributed by atoms with E-state index in [-0.39, 0.29) is 5.91 Å². The Morgan fingerprint density at radius 1 is 1.00 bits per heavy atom. The zero-order valence-corrected chi connectivity index (χ0v) is 19.1. The number of thiophene rings is 1. The number of aryl methyl sites for hydroxylation is 2. The van der Waals surface area contributed by atoms with Gasteiger partial charge in [-0.25, -0.2) is 4.68 Å². The molecule has 0 unspecified atom stereocenters. The molecule has 0 radical (unpaired) electrons. The SMILES string of the molecule is Cc1cccc(N2CCN(C(=O)c3cc4c(C)nn(-c5ccccc5Cl)c4s3)CC2)c1. The van der Waals surface area contributed by atoms with Gasteiger partial charge in [-0.3, -0.25) is 4.79 Å². The predicted molar refractivity (Wildman–Crippen MR) is 128 cm³/mol. The first-order valence-electron chi connectivity index (χ1n) is 10.4. The van der Waals surface area contributed by atoms with Crippen LogP contribution in [0.1, 0.15) is 20.9 Å². The zero-order chi connectivity index (χ0) is 21.5. The van der Waals surface area contributed by atoms with Crippen molar-refractivity contribution in [2.75, 3.05) is 31.1 Å². The molecular weight excluding hydrogens is 428 g/mol. The molecule has 0 aliphatic carbocycles. The Kier molecular flexibility index (Phi) is 5.20. The van der Waals surface area contributed by atoms with Gasteiger partial charge in [-0.1, -0.05) is 35.9 Å². The van der Waals surface area contributed by atoms with Gasteiger partial charge >= 0.3 is 0 Å². The molecule has 158 valence electrons. The molecule has 2 aromatic carbocycles. The Labute approximate surface area is 190 Å². The van der Waals surface area contributed by atoms with Crippen LogP contribution in [0.15, 0.2) is 54.6 Å². The van der Waals surface area contributed by atoms with Gasteiger partial charge in [-0.05, 0) is 49.7 Å². The van der Waals surface area contributed by atoms with E-state index in [9.17, 15) is 4.79 Å². The molecule has 5 rings (SSSR count). The van der Waals surface area contributed by atoms with Crippen LogP contribution in [0.5, 0.6) is 0 Å². The fourth-order valence-electron chi connectivity index (χ4n) is 4.09. The fourth-order valence-corrected chi connectivity index (χ4v) is 5.45. The number of aromatic nitrogens is 2. The molecule has 7 heteroatoms. The number of benzene rings is 2. The molecule has 5 nitrogen and oxygen atoms in total. The quantitative estimate of drug-likeness (QED) is 0.424. The summed E-state index contributed by atoms with van der Waals surface area (Å²) in [7, 11) is 0. The van der Waals surface area contributed by atoms with Gasteiger partial charge in [0.25, 0.3) is 5.91 Å². The minimum atomic E-state index is 0.0928.